The molecule has 0 unspecified atom stereocenters. The van der Waals surface area contributed by atoms with Crippen LogP contribution in [-0.2, 0) is 6.18 Å². The average Bonchev–Trinajstić information content (AvgIpc) is 2.55. The minimum absolute atomic E-state index is 0.0299. The highest BCUT2D eigenvalue weighted by Gasteiger charge is 2.36. The summed E-state index contributed by atoms with van der Waals surface area (Å²) in [6.45, 7) is 1.69. The maximum absolute atomic E-state index is 12.3. The van der Waals surface area contributed by atoms with Crippen molar-refractivity contribution in [3.8, 4) is 0 Å². The quantitative estimate of drug-likeness (QED) is 0.728. The first kappa shape index (κ1) is 9.75. The van der Waals surface area contributed by atoms with E-state index in [1.807, 2.05) is 0 Å². The number of anilines is 1. The Morgan fingerprint density at radius 3 is 2.67 bits per heavy atom. The van der Waals surface area contributed by atoms with Crippen molar-refractivity contribution in [2.24, 2.45) is 0 Å². The lowest BCUT2D eigenvalue weighted by Crippen LogP contribution is -2.07. The Labute approximate surface area is 82.5 Å². The molecule has 0 saturated carbocycles. The summed E-state index contributed by atoms with van der Waals surface area (Å²) in [5.74, 6) is -1.18. The van der Waals surface area contributed by atoms with E-state index in [1.54, 1.807) is 13.0 Å². The van der Waals surface area contributed by atoms with E-state index in [-0.39, 0.29) is 11.3 Å². The van der Waals surface area contributed by atoms with E-state index in [0.717, 1.165) is 4.52 Å². The number of pyridine rings is 1. The van der Waals surface area contributed by atoms with E-state index >= 15 is 0 Å². The van der Waals surface area contributed by atoms with Crippen molar-refractivity contribution < 1.29 is 13.2 Å². The fourth-order valence-electron chi connectivity index (χ4n) is 1.18. The largest absolute Gasteiger partial charge is 0.453 e. The zero-order valence-electron chi connectivity index (χ0n) is 7.71. The first-order valence-corrected chi connectivity index (χ1v) is 4.08. The number of nitrogens with two attached hydrogens (primary N) is 1. The smallest absolute Gasteiger partial charge is 0.395 e. The number of aromatic nitrogens is 3. The van der Waals surface area contributed by atoms with Gasteiger partial charge in [0, 0.05) is 6.20 Å². The molecule has 2 heterocycles. The summed E-state index contributed by atoms with van der Waals surface area (Å²) < 4.78 is 37.9. The Kier molecular flexibility index (Phi) is 1.85. The summed E-state index contributed by atoms with van der Waals surface area (Å²) in [6.07, 6.45) is -3.16. The molecular weight excluding hydrogens is 209 g/mol. The third-order valence-corrected chi connectivity index (χ3v) is 2.02. The summed E-state index contributed by atoms with van der Waals surface area (Å²) in [4.78, 5) is 3.35. The Balaban J connectivity index is 2.72. The Bertz CT molecular complexity index is 514. The molecule has 2 aromatic rings. The molecule has 0 spiro atoms. The lowest BCUT2D eigenvalue weighted by Gasteiger charge is -1.98. The maximum atomic E-state index is 12.3. The molecular formula is C8H7F3N4. The highest BCUT2D eigenvalue weighted by Crippen LogP contribution is 2.27. The van der Waals surface area contributed by atoms with Crippen molar-refractivity contribution in [1.82, 2.24) is 14.6 Å². The first-order valence-electron chi connectivity index (χ1n) is 4.08. The van der Waals surface area contributed by atoms with Crippen LogP contribution in [0.25, 0.3) is 5.65 Å². The van der Waals surface area contributed by atoms with Crippen molar-refractivity contribution >= 4 is 11.3 Å². The second-order valence-electron chi connectivity index (χ2n) is 3.11. The van der Waals surface area contributed by atoms with Crippen LogP contribution in [0.4, 0.5) is 18.9 Å². The van der Waals surface area contributed by atoms with E-state index in [9.17, 15) is 13.2 Å². The SMILES string of the molecule is Cc1ccn2nc(C(F)(F)F)nc2c1N. The third-order valence-electron chi connectivity index (χ3n) is 2.02. The number of nitrogen functional groups attached to an aromatic ring is 1. The Morgan fingerprint density at radius 1 is 1.40 bits per heavy atom. The van der Waals surface area contributed by atoms with E-state index in [0.29, 0.717) is 5.56 Å². The van der Waals surface area contributed by atoms with Gasteiger partial charge in [0.2, 0.25) is 0 Å². The molecule has 0 fully saturated rings. The summed E-state index contributed by atoms with van der Waals surface area (Å²) >= 11 is 0. The normalized spacial score (nSPS) is 12.3. The number of fused-ring (bicyclic) bond motifs is 1. The van der Waals surface area contributed by atoms with Crippen LogP contribution in [0.3, 0.4) is 0 Å². The van der Waals surface area contributed by atoms with Crippen LogP contribution < -0.4 is 5.73 Å². The fourth-order valence-corrected chi connectivity index (χ4v) is 1.18. The molecule has 7 heteroatoms. The molecule has 0 aliphatic heterocycles. The number of hydrogen-bond acceptors (Lipinski definition) is 3. The number of rotatable bonds is 0. The van der Waals surface area contributed by atoms with Crippen LogP contribution in [0.5, 0.6) is 0 Å². The third kappa shape index (κ3) is 1.49. The van der Waals surface area contributed by atoms with Gasteiger partial charge in [-0.1, -0.05) is 0 Å². The van der Waals surface area contributed by atoms with E-state index < -0.39 is 12.0 Å². The molecule has 80 valence electrons. The Morgan fingerprint density at radius 2 is 2.07 bits per heavy atom. The van der Waals surface area contributed by atoms with Gasteiger partial charge in [0.25, 0.3) is 5.82 Å². The van der Waals surface area contributed by atoms with Gasteiger partial charge in [-0.25, -0.2) is 9.50 Å². The molecule has 0 atom stereocenters. The minimum atomic E-state index is -4.55. The van der Waals surface area contributed by atoms with Gasteiger partial charge in [0.15, 0.2) is 5.65 Å². The monoisotopic (exact) mass is 216 g/mol. The lowest BCUT2D eigenvalue weighted by atomic mass is 10.2. The second kappa shape index (κ2) is 2.85. The molecule has 4 nitrogen and oxygen atoms in total. The van der Waals surface area contributed by atoms with E-state index in [4.69, 9.17) is 5.73 Å². The van der Waals surface area contributed by atoms with Crippen LogP contribution in [0.2, 0.25) is 0 Å². The predicted octanol–water partition coefficient (Wildman–Crippen LogP) is 1.64. The van der Waals surface area contributed by atoms with Crippen molar-refractivity contribution in [1.29, 1.82) is 0 Å². The standard InChI is InChI=1S/C8H7F3N4/c1-4-2-3-15-6(5(4)12)13-7(14-15)8(9,10)11/h2-3H,12H2,1H3. The van der Waals surface area contributed by atoms with Crippen LogP contribution in [-0.4, -0.2) is 14.6 Å². The van der Waals surface area contributed by atoms with Gasteiger partial charge in [0.1, 0.15) is 0 Å². The van der Waals surface area contributed by atoms with Gasteiger partial charge in [-0.2, -0.15) is 13.2 Å². The van der Waals surface area contributed by atoms with Crippen molar-refractivity contribution in [3.05, 3.63) is 23.7 Å². The molecule has 0 saturated heterocycles. The van der Waals surface area contributed by atoms with E-state index in [2.05, 4.69) is 10.1 Å². The van der Waals surface area contributed by atoms with Crippen LogP contribution in [0.15, 0.2) is 12.3 Å². The summed E-state index contributed by atoms with van der Waals surface area (Å²) in [7, 11) is 0. The molecule has 0 amide bonds. The van der Waals surface area contributed by atoms with Crippen LogP contribution in [0.1, 0.15) is 11.4 Å². The number of aryl methyl sites for hydroxylation is 1. The van der Waals surface area contributed by atoms with Crippen LogP contribution in [0, 0.1) is 6.92 Å². The van der Waals surface area contributed by atoms with Gasteiger partial charge < -0.3 is 5.73 Å². The molecule has 0 radical (unpaired) electrons. The van der Waals surface area contributed by atoms with Gasteiger partial charge >= 0.3 is 6.18 Å². The molecule has 2 N–H and O–H groups in total. The molecule has 0 aliphatic rings. The topological polar surface area (TPSA) is 56.2 Å². The average molecular weight is 216 g/mol. The summed E-state index contributed by atoms with van der Waals surface area (Å²) in [6, 6.07) is 1.58. The number of nitrogens with zero attached hydrogens (tertiary/aromatic N) is 3. The van der Waals surface area contributed by atoms with Crippen LogP contribution >= 0.6 is 0 Å². The zero-order valence-corrected chi connectivity index (χ0v) is 7.71. The highest BCUT2D eigenvalue weighted by molar-refractivity contribution is 5.67. The molecule has 0 aliphatic carbocycles. The second-order valence-corrected chi connectivity index (χ2v) is 3.11. The molecule has 2 aromatic heterocycles. The minimum Gasteiger partial charge on any atom is -0.395 e. The summed E-state index contributed by atoms with van der Waals surface area (Å²) in [5, 5.41) is 3.29. The first-order chi connectivity index (χ1) is 6.89. The molecule has 0 bridgehead atoms. The molecule has 2 rings (SSSR count). The van der Waals surface area contributed by atoms with Gasteiger partial charge in [-0.15, -0.1) is 5.10 Å². The van der Waals surface area contributed by atoms with Crippen molar-refractivity contribution in [2.45, 2.75) is 13.1 Å². The highest BCUT2D eigenvalue weighted by atomic mass is 19.4. The number of halogens is 3. The Hall–Kier alpha value is -1.79. The number of alkyl halides is 3. The van der Waals surface area contributed by atoms with Gasteiger partial charge in [0.05, 0.1) is 5.69 Å². The predicted molar refractivity (Wildman–Crippen MR) is 47.1 cm³/mol. The summed E-state index contributed by atoms with van der Waals surface area (Å²) in [5.41, 5.74) is 6.49. The van der Waals surface area contributed by atoms with Gasteiger partial charge in [-0.3, -0.25) is 0 Å². The lowest BCUT2D eigenvalue weighted by molar-refractivity contribution is -0.144. The van der Waals surface area contributed by atoms with Gasteiger partial charge in [-0.05, 0) is 18.6 Å². The van der Waals surface area contributed by atoms with Crippen molar-refractivity contribution in [3.63, 3.8) is 0 Å². The fraction of sp³-hybridized carbons (Fsp3) is 0.250. The molecule has 15 heavy (non-hydrogen) atoms. The number of hydrogen-bond donors (Lipinski definition) is 1. The maximum Gasteiger partial charge on any atom is 0.453 e. The molecule has 0 aromatic carbocycles. The van der Waals surface area contributed by atoms with Crippen molar-refractivity contribution in [2.75, 3.05) is 5.73 Å². The zero-order chi connectivity index (χ0) is 11.2. The van der Waals surface area contributed by atoms with E-state index in [1.165, 1.54) is 6.20 Å².